The Morgan fingerprint density at radius 1 is 1.25 bits per heavy atom. The van der Waals surface area contributed by atoms with Crippen molar-refractivity contribution in [2.75, 3.05) is 0 Å². The lowest BCUT2D eigenvalue weighted by atomic mass is 10.1. The average Bonchev–Trinajstić information content (AvgIpc) is 3.23. The van der Waals surface area contributed by atoms with Gasteiger partial charge in [-0.1, -0.05) is 29.8 Å². The van der Waals surface area contributed by atoms with Crippen LogP contribution in [0.2, 0.25) is 5.02 Å². The molecule has 1 N–H and O–H groups in total. The summed E-state index contributed by atoms with van der Waals surface area (Å²) in [4.78, 5) is 16.3. The number of imidazole rings is 1. The van der Waals surface area contributed by atoms with E-state index in [0.29, 0.717) is 16.5 Å². The quantitative estimate of drug-likeness (QED) is 0.503. The Kier molecular flexibility index (Phi) is 6.11. The molecule has 3 rings (SSSR count). The fourth-order valence-corrected chi connectivity index (χ4v) is 2.69. The summed E-state index contributed by atoms with van der Waals surface area (Å²) in [6, 6.07) is 13.2. The standard InChI is InChI=1S/C21H21ClN4O2/c1-14-4-9-19(22)20(12-14)28-16(3)21(27)25-24-15(2)17-5-7-18(8-6-17)26-11-10-23-13-26/h4-13,16H,1-3H3,(H,25,27)/b24-15-/t16-/m0/s1. The Balaban J connectivity index is 1.62. The van der Waals surface area contributed by atoms with E-state index in [0.717, 1.165) is 16.8 Å². The summed E-state index contributed by atoms with van der Waals surface area (Å²) in [5.74, 6) is 0.118. The van der Waals surface area contributed by atoms with Crippen LogP contribution in [0, 0.1) is 6.92 Å². The van der Waals surface area contributed by atoms with Gasteiger partial charge in [0, 0.05) is 18.1 Å². The first-order chi connectivity index (χ1) is 13.4. The molecule has 0 spiro atoms. The predicted octanol–water partition coefficient (Wildman–Crippen LogP) is 4.14. The van der Waals surface area contributed by atoms with Crippen molar-refractivity contribution in [3.8, 4) is 11.4 Å². The van der Waals surface area contributed by atoms with Gasteiger partial charge in [-0.2, -0.15) is 5.10 Å². The maximum absolute atomic E-state index is 12.3. The van der Waals surface area contributed by atoms with Crippen molar-refractivity contribution in [1.29, 1.82) is 0 Å². The molecule has 1 aromatic heterocycles. The second-order valence-corrected chi connectivity index (χ2v) is 6.79. The Morgan fingerprint density at radius 3 is 2.68 bits per heavy atom. The third-order valence-corrected chi connectivity index (χ3v) is 4.49. The molecule has 0 aliphatic heterocycles. The molecule has 0 fully saturated rings. The summed E-state index contributed by atoms with van der Waals surface area (Å²) in [6.45, 7) is 5.41. The summed E-state index contributed by atoms with van der Waals surface area (Å²) in [5, 5.41) is 4.64. The van der Waals surface area contributed by atoms with Crippen LogP contribution in [0.3, 0.4) is 0 Å². The minimum atomic E-state index is -0.737. The number of carbonyl (C=O) groups is 1. The van der Waals surface area contributed by atoms with Gasteiger partial charge >= 0.3 is 0 Å². The molecule has 1 amide bonds. The zero-order valence-corrected chi connectivity index (χ0v) is 16.6. The van der Waals surface area contributed by atoms with Gasteiger partial charge in [-0.05, 0) is 56.2 Å². The number of aromatic nitrogens is 2. The van der Waals surface area contributed by atoms with E-state index in [1.165, 1.54) is 0 Å². The van der Waals surface area contributed by atoms with Crippen LogP contribution < -0.4 is 10.2 Å². The first-order valence-corrected chi connectivity index (χ1v) is 9.17. The van der Waals surface area contributed by atoms with Crippen LogP contribution in [-0.2, 0) is 4.79 Å². The molecule has 6 nitrogen and oxygen atoms in total. The summed E-state index contributed by atoms with van der Waals surface area (Å²) in [5.41, 5.74) is 6.13. The molecule has 0 radical (unpaired) electrons. The second kappa shape index (κ2) is 8.71. The number of hydrogen-bond donors (Lipinski definition) is 1. The number of rotatable bonds is 6. The number of aryl methyl sites for hydroxylation is 1. The highest BCUT2D eigenvalue weighted by molar-refractivity contribution is 6.32. The van der Waals surface area contributed by atoms with E-state index in [4.69, 9.17) is 16.3 Å². The lowest BCUT2D eigenvalue weighted by Crippen LogP contribution is -2.34. The van der Waals surface area contributed by atoms with Crippen molar-refractivity contribution in [2.24, 2.45) is 5.10 Å². The van der Waals surface area contributed by atoms with Crippen molar-refractivity contribution >= 4 is 23.2 Å². The summed E-state index contributed by atoms with van der Waals surface area (Å²) >= 11 is 6.11. The van der Waals surface area contributed by atoms with Crippen LogP contribution in [0.1, 0.15) is 25.0 Å². The number of carbonyl (C=O) groups excluding carboxylic acids is 1. The van der Waals surface area contributed by atoms with Crippen molar-refractivity contribution in [3.05, 3.63) is 77.3 Å². The van der Waals surface area contributed by atoms with Crippen LogP contribution >= 0.6 is 11.6 Å². The number of hydrogen-bond acceptors (Lipinski definition) is 4. The van der Waals surface area contributed by atoms with Gasteiger partial charge in [-0.25, -0.2) is 10.4 Å². The average molecular weight is 397 g/mol. The molecule has 1 atom stereocenters. The smallest absolute Gasteiger partial charge is 0.280 e. The number of hydrazone groups is 1. The van der Waals surface area contributed by atoms with Crippen LogP contribution in [0.15, 0.2) is 66.3 Å². The molecule has 1 heterocycles. The maximum Gasteiger partial charge on any atom is 0.280 e. The fourth-order valence-electron chi connectivity index (χ4n) is 2.53. The topological polar surface area (TPSA) is 68.5 Å². The molecule has 0 aliphatic carbocycles. The first-order valence-electron chi connectivity index (χ1n) is 8.80. The van der Waals surface area contributed by atoms with E-state index in [1.54, 1.807) is 31.6 Å². The van der Waals surface area contributed by atoms with Gasteiger partial charge in [0.05, 0.1) is 17.1 Å². The third kappa shape index (κ3) is 4.78. The molecule has 28 heavy (non-hydrogen) atoms. The zero-order chi connectivity index (χ0) is 20.1. The number of amides is 1. The largest absolute Gasteiger partial charge is 0.479 e. The van der Waals surface area contributed by atoms with E-state index in [2.05, 4.69) is 15.5 Å². The minimum absolute atomic E-state index is 0.355. The van der Waals surface area contributed by atoms with Crippen molar-refractivity contribution in [1.82, 2.24) is 15.0 Å². The third-order valence-electron chi connectivity index (χ3n) is 4.18. The van der Waals surface area contributed by atoms with Crippen LogP contribution in [0.5, 0.6) is 5.75 Å². The van der Waals surface area contributed by atoms with Crippen LogP contribution in [0.4, 0.5) is 0 Å². The molecule has 0 unspecified atom stereocenters. The Morgan fingerprint density at radius 2 is 2.00 bits per heavy atom. The van der Waals surface area contributed by atoms with Crippen LogP contribution in [0.25, 0.3) is 5.69 Å². The van der Waals surface area contributed by atoms with Gasteiger partial charge in [0.15, 0.2) is 6.10 Å². The normalized spacial score (nSPS) is 12.5. The Labute approximate surface area is 168 Å². The van der Waals surface area contributed by atoms with Crippen LogP contribution in [-0.4, -0.2) is 27.3 Å². The van der Waals surface area contributed by atoms with Crippen molar-refractivity contribution in [2.45, 2.75) is 26.9 Å². The number of halogens is 1. The molecule has 3 aromatic rings. The van der Waals surface area contributed by atoms with Gasteiger partial charge in [0.2, 0.25) is 0 Å². The number of ether oxygens (including phenoxy) is 1. The van der Waals surface area contributed by atoms with Gasteiger partial charge in [-0.15, -0.1) is 0 Å². The summed E-state index contributed by atoms with van der Waals surface area (Å²) in [7, 11) is 0. The maximum atomic E-state index is 12.3. The molecule has 2 aromatic carbocycles. The monoisotopic (exact) mass is 396 g/mol. The Bertz CT molecular complexity index is 982. The number of nitrogens with one attached hydrogen (secondary N) is 1. The fraction of sp³-hybridized carbons (Fsp3) is 0.190. The number of benzene rings is 2. The summed E-state index contributed by atoms with van der Waals surface area (Å²) in [6.07, 6.45) is 4.60. The first kappa shape index (κ1) is 19.6. The number of nitrogens with zero attached hydrogens (tertiary/aromatic N) is 3. The molecule has 0 saturated heterocycles. The van der Waals surface area contributed by atoms with Crippen molar-refractivity contribution in [3.63, 3.8) is 0 Å². The highest BCUT2D eigenvalue weighted by Crippen LogP contribution is 2.26. The highest BCUT2D eigenvalue weighted by Gasteiger charge is 2.16. The molecule has 0 aliphatic rings. The van der Waals surface area contributed by atoms with Gasteiger partial charge in [0.1, 0.15) is 5.75 Å². The molecular formula is C21H21ClN4O2. The lowest BCUT2D eigenvalue weighted by Gasteiger charge is -2.15. The molecular weight excluding hydrogens is 376 g/mol. The predicted molar refractivity (Wildman–Crippen MR) is 110 cm³/mol. The molecule has 0 bridgehead atoms. The lowest BCUT2D eigenvalue weighted by molar-refractivity contribution is -0.127. The SMILES string of the molecule is C/C(=N/NC(=O)[C@H](C)Oc1cc(C)ccc1Cl)c1ccc(-n2ccnc2)cc1. The van der Waals surface area contributed by atoms with E-state index >= 15 is 0 Å². The Hall–Kier alpha value is -3.12. The molecule has 7 heteroatoms. The molecule has 0 saturated carbocycles. The zero-order valence-electron chi connectivity index (χ0n) is 15.9. The second-order valence-electron chi connectivity index (χ2n) is 6.38. The van der Waals surface area contributed by atoms with Gasteiger partial charge in [-0.3, -0.25) is 4.79 Å². The van der Waals surface area contributed by atoms with E-state index < -0.39 is 6.10 Å². The summed E-state index contributed by atoms with van der Waals surface area (Å²) < 4.78 is 7.57. The van der Waals surface area contributed by atoms with E-state index in [1.807, 2.05) is 54.9 Å². The van der Waals surface area contributed by atoms with Gasteiger partial charge < -0.3 is 9.30 Å². The van der Waals surface area contributed by atoms with Gasteiger partial charge in [0.25, 0.3) is 5.91 Å². The molecule has 144 valence electrons. The minimum Gasteiger partial charge on any atom is -0.479 e. The van der Waals surface area contributed by atoms with Crippen molar-refractivity contribution < 1.29 is 9.53 Å². The van der Waals surface area contributed by atoms with E-state index in [9.17, 15) is 4.79 Å². The highest BCUT2D eigenvalue weighted by atomic mass is 35.5. The van der Waals surface area contributed by atoms with E-state index in [-0.39, 0.29) is 5.91 Å².